The fourth-order valence-electron chi connectivity index (χ4n) is 5.15. The van der Waals surface area contributed by atoms with Crippen LogP contribution in [0.15, 0.2) is 65.9 Å². The summed E-state index contributed by atoms with van der Waals surface area (Å²) in [5.41, 5.74) is 5.64. The highest BCUT2D eigenvalue weighted by molar-refractivity contribution is 5.85. The lowest BCUT2D eigenvalue weighted by molar-refractivity contribution is -0.188. The summed E-state index contributed by atoms with van der Waals surface area (Å²) in [6, 6.07) is 14.1. The van der Waals surface area contributed by atoms with E-state index in [0.29, 0.717) is 11.6 Å². The molecule has 0 unspecified atom stereocenters. The number of imidazole rings is 2. The van der Waals surface area contributed by atoms with Gasteiger partial charge in [0.05, 0.1) is 50.1 Å². The summed E-state index contributed by atoms with van der Waals surface area (Å²) in [5.74, 6) is 0.786. The number of benzene rings is 2. The van der Waals surface area contributed by atoms with Gasteiger partial charge in [0.15, 0.2) is 0 Å². The normalized spacial score (nSPS) is 13.9. The summed E-state index contributed by atoms with van der Waals surface area (Å²) in [6.07, 6.45) is 3.93. The maximum atomic E-state index is 12.7. The van der Waals surface area contributed by atoms with Gasteiger partial charge in [-0.1, -0.05) is 76.2 Å². The third-order valence-electron chi connectivity index (χ3n) is 8.15. The van der Waals surface area contributed by atoms with E-state index in [-0.39, 0.29) is 35.7 Å². The van der Waals surface area contributed by atoms with Crippen LogP contribution in [0.2, 0.25) is 0 Å². The van der Waals surface area contributed by atoms with Crippen molar-refractivity contribution in [3.8, 4) is 33.6 Å². The number of carbonyl (C=O) groups is 3. The first kappa shape index (κ1) is 37.3. The van der Waals surface area contributed by atoms with Crippen LogP contribution in [0.5, 0.6) is 0 Å². The van der Waals surface area contributed by atoms with Crippen LogP contribution in [0.4, 0.5) is 4.79 Å². The zero-order chi connectivity index (χ0) is 36.4. The molecule has 5 N–H and O–H groups in total. The van der Waals surface area contributed by atoms with E-state index < -0.39 is 18.2 Å². The monoisotopic (exact) mass is 686 g/mol. The van der Waals surface area contributed by atoms with E-state index in [0.717, 1.165) is 40.0 Å². The Kier molecular flexibility index (Phi) is 12.9. The molecule has 0 radical (unpaired) electrons. The van der Waals surface area contributed by atoms with Crippen LogP contribution in [0, 0.1) is 11.8 Å². The fraction of sp³-hybridized carbons (Fsp3) is 0.389. The number of aromatic amines is 2. The van der Waals surface area contributed by atoms with Crippen molar-refractivity contribution in [1.29, 1.82) is 0 Å². The molecule has 14 nitrogen and oxygen atoms in total. The number of ether oxygens (including phenoxy) is 1. The Morgan fingerprint density at radius 1 is 0.680 bits per heavy atom. The van der Waals surface area contributed by atoms with Gasteiger partial charge in [-0.05, 0) is 47.9 Å². The van der Waals surface area contributed by atoms with Crippen LogP contribution in [0.25, 0.3) is 33.6 Å². The largest absolute Gasteiger partial charge is 0.453 e. The second-order valence-corrected chi connectivity index (χ2v) is 12.5. The van der Waals surface area contributed by atoms with Gasteiger partial charge >= 0.3 is 6.09 Å². The lowest BCUT2D eigenvalue weighted by atomic mass is 10.0. The van der Waals surface area contributed by atoms with Crippen molar-refractivity contribution in [2.75, 3.05) is 14.2 Å². The maximum Gasteiger partial charge on any atom is 0.407 e. The molecule has 0 bridgehead atoms. The van der Waals surface area contributed by atoms with E-state index in [1.807, 2.05) is 64.1 Å². The molecular weight excluding hydrogens is 640 g/mol. The summed E-state index contributed by atoms with van der Waals surface area (Å²) in [4.78, 5) is 65.9. The lowest BCUT2D eigenvalue weighted by Gasteiger charge is -2.22. The molecule has 2 aromatic carbocycles. The summed E-state index contributed by atoms with van der Waals surface area (Å²) in [5, 5.41) is 8.47. The Labute approximate surface area is 291 Å². The molecule has 0 saturated heterocycles. The molecule has 14 heteroatoms. The van der Waals surface area contributed by atoms with Crippen LogP contribution in [-0.2, 0) is 24.1 Å². The molecule has 2 heterocycles. The molecule has 0 fully saturated rings. The first-order valence-electron chi connectivity index (χ1n) is 16.4. The number of nitrogens with zero attached hydrogens (tertiary/aromatic N) is 3. The van der Waals surface area contributed by atoms with Crippen LogP contribution in [-0.4, -0.2) is 70.5 Å². The van der Waals surface area contributed by atoms with Crippen molar-refractivity contribution in [2.24, 2.45) is 16.8 Å². The minimum absolute atomic E-state index is 0.0378. The van der Waals surface area contributed by atoms with Crippen LogP contribution < -0.4 is 16.0 Å². The van der Waals surface area contributed by atoms with Gasteiger partial charge in [-0.15, -0.1) is 0 Å². The predicted molar refractivity (Wildman–Crippen MR) is 190 cm³/mol. The van der Waals surface area contributed by atoms with Crippen molar-refractivity contribution in [3.05, 3.63) is 72.6 Å². The van der Waals surface area contributed by atoms with E-state index in [1.165, 1.54) is 14.2 Å². The average Bonchev–Trinajstić information content (AvgIpc) is 3.80. The summed E-state index contributed by atoms with van der Waals surface area (Å²) < 4.78 is 4.59. The molecular formula is C36H46N8O6. The number of hydrogen-bond donors (Lipinski definition) is 5. The summed E-state index contributed by atoms with van der Waals surface area (Å²) >= 11 is 0. The molecule has 266 valence electrons. The molecule has 3 amide bonds. The number of H-pyrrole nitrogens is 2. The minimum Gasteiger partial charge on any atom is -0.453 e. The zero-order valence-electron chi connectivity index (χ0n) is 29.6. The molecule has 0 aliphatic heterocycles. The first-order valence-corrected chi connectivity index (χ1v) is 16.4. The number of aromatic nitrogens is 4. The fourth-order valence-corrected chi connectivity index (χ4v) is 5.15. The highest BCUT2D eigenvalue weighted by Gasteiger charge is 2.26. The van der Waals surface area contributed by atoms with Crippen LogP contribution >= 0.6 is 0 Å². The van der Waals surface area contributed by atoms with Gasteiger partial charge in [-0.3, -0.25) is 9.59 Å². The van der Waals surface area contributed by atoms with Gasteiger partial charge in [-0.25, -0.2) is 19.8 Å². The second kappa shape index (κ2) is 17.2. The standard InChI is InChI=1S/C36H46N8O6/c1-20(2)30(43-34(45)22(5)39-19-50-49-8)32-37-17-28(41-32)26-13-9-24(10-14-26)25-11-15-27(16-12-25)29-18-38-33(42-29)31(21(3)4)44-35(46)23(6)40-36(47)48-7/h9-23,30-31H,1-8H3,(H,37,41)(H,38,42)(H,40,47)(H,43,45)(H,44,46)/b39-19-/t22-,23-,30-,31-/m0/s1. The van der Waals surface area contributed by atoms with E-state index in [9.17, 15) is 14.4 Å². The number of nitrogens with one attached hydrogen (secondary N) is 5. The van der Waals surface area contributed by atoms with Gasteiger partial charge in [-0.2, -0.15) is 4.89 Å². The lowest BCUT2D eigenvalue weighted by Crippen LogP contribution is -2.46. The highest BCUT2D eigenvalue weighted by Crippen LogP contribution is 2.29. The Morgan fingerprint density at radius 2 is 1.12 bits per heavy atom. The van der Waals surface area contributed by atoms with E-state index in [4.69, 9.17) is 0 Å². The molecule has 0 aliphatic rings. The number of amides is 3. The number of aliphatic imine (C=N–C) groups is 1. The maximum absolute atomic E-state index is 12.7. The smallest absolute Gasteiger partial charge is 0.407 e. The molecule has 4 rings (SSSR count). The van der Waals surface area contributed by atoms with Gasteiger partial charge in [0.25, 0.3) is 0 Å². The Hall–Kier alpha value is -5.50. The van der Waals surface area contributed by atoms with Crippen molar-refractivity contribution >= 4 is 24.3 Å². The van der Waals surface area contributed by atoms with Crippen molar-refractivity contribution in [1.82, 2.24) is 35.9 Å². The number of hydrogen-bond acceptors (Lipinski definition) is 9. The molecule has 4 aromatic rings. The van der Waals surface area contributed by atoms with Crippen molar-refractivity contribution in [3.63, 3.8) is 0 Å². The van der Waals surface area contributed by atoms with Crippen LogP contribution in [0.3, 0.4) is 0 Å². The van der Waals surface area contributed by atoms with Crippen LogP contribution in [0.1, 0.15) is 65.3 Å². The zero-order valence-corrected chi connectivity index (χ0v) is 29.6. The minimum atomic E-state index is -0.772. The number of methoxy groups -OCH3 is 1. The molecule has 2 aromatic heterocycles. The average molecular weight is 687 g/mol. The first-order chi connectivity index (χ1) is 23.9. The second-order valence-electron chi connectivity index (χ2n) is 12.5. The van der Waals surface area contributed by atoms with Gasteiger partial charge < -0.3 is 35.5 Å². The van der Waals surface area contributed by atoms with Crippen molar-refractivity contribution < 1.29 is 28.9 Å². The Bertz CT molecular complexity index is 1750. The summed E-state index contributed by atoms with van der Waals surface area (Å²) in [6.45, 7) is 11.3. The van der Waals surface area contributed by atoms with E-state index in [2.05, 4.69) is 67.5 Å². The quantitative estimate of drug-likeness (QED) is 0.0470. The molecule has 50 heavy (non-hydrogen) atoms. The molecule has 0 saturated carbocycles. The highest BCUT2D eigenvalue weighted by atomic mass is 17.2. The third-order valence-corrected chi connectivity index (χ3v) is 8.15. The van der Waals surface area contributed by atoms with Gasteiger partial charge in [0.2, 0.25) is 18.2 Å². The molecule has 0 spiro atoms. The number of alkyl carbamates (subject to hydrolysis) is 1. The predicted octanol–water partition coefficient (Wildman–Crippen LogP) is 5.50. The van der Waals surface area contributed by atoms with Crippen molar-refractivity contribution in [2.45, 2.75) is 65.7 Å². The third kappa shape index (κ3) is 9.56. The number of carbonyl (C=O) groups excluding carboxylic acids is 3. The molecule has 4 atom stereocenters. The van der Waals surface area contributed by atoms with Gasteiger partial charge in [0.1, 0.15) is 23.7 Å². The van der Waals surface area contributed by atoms with E-state index >= 15 is 0 Å². The Morgan fingerprint density at radius 3 is 1.54 bits per heavy atom. The van der Waals surface area contributed by atoms with E-state index in [1.54, 1.807) is 26.2 Å². The van der Waals surface area contributed by atoms with Gasteiger partial charge in [0, 0.05) is 0 Å². The number of rotatable bonds is 15. The summed E-state index contributed by atoms with van der Waals surface area (Å²) in [7, 11) is 2.61. The Balaban J connectivity index is 1.42. The SMILES string of the molecule is COO/C=N\[C@@H](C)C(=O)N[C@H](c1ncc(-c2ccc(-c3ccc(-c4cnc([C@@H](NC(=O)[C@H](C)NC(=O)OC)C(C)C)[nH]4)cc3)cc2)[nH]1)C(C)C. The topological polar surface area (TPSA) is 185 Å². The molecule has 0 aliphatic carbocycles.